The molecule has 12 amide bonds. The van der Waals surface area contributed by atoms with E-state index in [-0.39, 0.29) is 114 Å². The summed E-state index contributed by atoms with van der Waals surface area (Å²) in [4.78, 5) is 204. The highest BCUT2D eigenvalue weighted by molar-refractivity contribution is 6.01. The molecule has 0 bridgehead atoms. The molecule has 8 aliphatic rings. The Morgan fingerprint density at radius 2 is 0.874 bits per heavy atom. The summed E-state index contributed by atoms with van der Waals surface area (Å²) in [6.07, 6.45) is -4.94. The standard InChI is InChI=1S/C42H52F2N6O10.C42H52F2N6O9/c1-21-10-33-42(58)60-25(5)36(47-37(53)31(14-27-12-28(43)16-29(44)13-27)46-35(52)15-26-7-6-22(2)23(3)11-26)41(57)50-19-30(51)17-32(50)40(56)48-8-9-59-20-34(48)38(54)45-24(4)39(55)49(33)18-21;1-22-8-10-26(11-9-22)17-35(52)46-31(16-27-14-28(43)18-29(44)15-27)37(53)47-36-25(4)59-42(58)34-13-23(2)20-49(34)39(55)24(3)45-38(54)32-7-5-6-12-48(32)40(56)33-19-30(51)21-50(33)41(36)57/h6-7,11-13,16,21,24-25,30-34,36,51H,8-10,14-15,17-20H2,1-5H3,(H,45,54)(H,46,52)(H,47,53);8-11,14-15,18,23-25,30-34,36,51H,5-7,12-13,16-17,19-21H2,1-4H3,(H,45,54)(H,46,52)(H,47,53)/t21-,24+,25+,30-,31+,32+,33+,34+,36+;23-,24+,25+,30-,31+,32+,33+,34+,36+/m11/s1. The molecule has 4 aromatic rings. The Kier molecular flexibility index (Phi) is 28.7. The molecule has 8 saturated heterocycles. The lowest BCUT2D eigenvalue weighted by Crippen LogP contribution is -2.64. The number of cyclic esters (lactones) is 2. The van der Waals surface area contributed by atoms with E-state index in [4.69, 9.17) is 14.2 Å². The summed E-state index contributed by atoms with van der Waals surface area (Å²) in [5, 5.41) is 37.5. The van der Waals surface area contributed by atoms with Gasteiger partial charge in [0.05, 0.1) is 38.3 Å². The second-order valence-corrected chi connectivity index (χ2v) is 32.8. The number of ether oxygens (including phenoxy) is 3. The minimum atomic E-state index is -1.75. The number of morpholine rings is 1. The van der Waals surface area contributed by atoms with Crippen molar-refractivity contribution in [2.45, 2.75) is 230 Å². The van der Waals surface area contributed by atoms with Crippen LogP contribution in [0, 0.1) is 55.9 Å². The van der Waals surface area contributed by atoms with Gasteiger partial charge in [0.2, 0.25) is 70.9 Å². The van der Waals surface area contributed by atoms with Gasteiger partial charge in [0.15, 0.2) is 0 Å². The van der Waals surface area contributed by atoms with Gasteiger partial charge in [-0.2, -0.15) is 0 Å². The Hall–Kier alpha value is -10.9. The van der Waals surface area contributed by atoms with E-state index in [1.165, 1.54) is 47.3 Å². The van der Waals surface area contributed by atoms with Crippen molar-refractivity contribution in [1.82, 2.24) is 61.3 Å². The van der Waals surface area contributed by atoms with E-state index in [0.29, 0.717) is 42.5 Å². The minimum absolute atomic E-state index is 0.00897. The lowest BCUT2D eigenvalue weighted by atomic mass is 9.98. The third-order valence-corrected chi connectivity index (χ3v) is 23.2. The van der Waals surface area contributed by atoms with Crippen LogP contribution in [0.4, 0.5) is 17.6 Å². The highest BCUT2D eigenvalue weighted by Gasteiger charge is 2.52. The molecule has 12 rings (SSSR count). The number of piperidine rings is 1. The molecule has 642 valence electrons. The van der Waals surface area contributed by atoms with Crippen molar-refractivity contribution in [3.63, 3.8) is 0 Å². The fourth-order valence-corrected chi connectivity index (χ4v) is 16.9. The summed E-state index contributed by atoms with van der Waals surface area (Å²) in [6, 6.07) is 2.14. The lowest BCUT2D eigenvalue weighted by Gasteiger charge is -2.39. The number of carbonyl (C=O) groups is 14. The maximum atomic E-state index is 14.7. The second-order valence-electron chi connectivity index (χ2n) is 32.8. The Bertz CT molecular complexity index is 4520. The average molecular weight is 1660 g/mol. The molecule has 0 spiro atoms. The zero-order valence-electron chi connectivity index (χ0n) is 67.9. The van der Waals surface area contributed by atoms with Crippen LogP contribution in [0.15, 0.2) is 78.9 Å². The minimum Gasteiger partial charge on any atom is -0.458 e. The van der Waals surface area contributed by atoms with Crippen LogP contribution in [0.25, 0.3) is 0 Å². The van der Waals surface area contributed by atoms with Crippen molar-refractivity contribution in [1.29, 1.82) is 0 Å². The maximum Gasteiger partial charge on any atom is 0.329 e. The van der Waals surface area contributed by atoms with Gasteiger partial charge in [0.1, 0.15) is 108 Å². The van der Waals surface area contributed by atoms with Crippen molar-refractivity contribution >= 4 is 82.8 Å². The predicted molar refractivity (Wildman–Crippen MR) is 415 cm³/mol. The number of benzene rings is 4. The molecule has 31 nitrogen and oxygen atoms in total. The van der Waals surface area contributed by atoms with Gasteiger partial charge in [-0.15, -0.1) is 0 Å². The van der Waals surface area contributed by atoms with E-state index < -0.39 is 216 Å². The lowest BCUT2D eigenvalue weighted by molar-refractivity contribution is -0.164. The zero-order chi connectivity index (χ0) is 86.3. The first-order chi connectivity index (χ1) is 56.4. The third kappa shape index (κ3) is 21.6. The summed E-state index contributed by atoms with van der Waals surface area (Å²) in [7, 11) is 0. The van der Waals surface area contributed by atoms with Crippen molar-refractivity contribution < 1.29 is 109 Å². The van der Waals surface area contributed by atoms with Crippen LogP contribution >= 0.6 is 0 Å². The number of hydrogen-bond donors (Lipinski definition) is 8. The number of esters is 2. The number of nitrogens with one attached hydrogen (secondary N) is 6. The van der Waals surface area contributed by atoms with Crippen molar-refractivity contribution in [3.8, 4) is 0 Å². The molecule has 8 aliphatic heterocycles. The number of carbonyl (C=O) groups excluding carboxylic acids is 14. The van der Waals surface area contributed by atoms with Crippen LogP contribution in [0.2, 0.25) is 0 Å². The first-order valence-corrected chi connectivity index (χ1v) is 40.4. The van der Waals surface area contributed by atoms with E-state index in [1.54, 1.807) is 18.2 Å². The molecular weight excluding hydrogens is 1560 g/mol. The van der Waals surface area contributed by atoms with Gasteiger partial charge in [-0.25, -0.2) is 27.2 Å². The first-order valence-electron chi connectivity index (χ1n) is 40.4. The highest BCUT2D eigenvalue weighted by Crippen LogP contribution is 2.32. The van der Waals surface area contributed by atoms with Crippen molar-refractivity contribution in [2.24, 2.45) is 11.8 Å². The quantitative estimate of drug-likeness (QED) is 0.0651. The van der Waals surface area contributed by atoms with Crippen molar-refractivity contribution in [3.05, 3.63) is 141 Å². The molecule has 0 aromatic heterocycles. The van der Waals surface area contributed by atoms with Gasteiger partial charge in [-0.3, -0.25) is 57.5 Å². The molecule has 4 aromatic carbocycles. The maximum absolute atomic E-state index is 14.7. The summed E-state index contributed by atoms with van der Waals surface area (Å²) < 4.78 is 74.7. The molecule has 8 heterocycles. The summed E-state index contributed by atoms with van der Waals surface area (Å²) in [6.45, 7) is 14.6. The number of hydrogen-bond acceptors (Lipinski definition) is 19. The van der Waals surface area contributed by atoms with Gasteiger partial charge in [-0.05, 0) is 150 Å². The Morgan fingerprint density at radius 1 is 0.454 bits per heavy atom. The Balaban J connectivity index is 0.000000233. The summed E-state index contributed by atoms with van der Waals surface area (Å²) >= 11 is 0. The van der Waals surface area contributed by atoms with E-state index in [2.05, 4.69) is 31.9 Å². The van der Waals surface area contributed by atoms with E-state index >= 15 is 0 Å². The molecule has 0 saturated carbocycles. The smallest absolute Gasteiger partial charge is 0.329 e. The number of aliphatic hydroxyl groups excluding tert-OH is 2. The summed E-state index contributed by atoms with van der Waals surface area (Å²) in [5.74, 6) is -14.5. The molecule has 8 N–H and O–H groups in total. The monoisotopic (exact) mass is 1660 g/mol. The van der Waals surface area contributed by atoms with Crippen LogP contribution in [-0.4, -0.2) is 272 Å². The fraction of sp³-hybridized carbons (Fsp3) is 0.548. The van der Waals surface area contributed by atoms with Gasteiger partial charge < -0.3 is 85.7 Å². The van der Waals surface area contributed by atoms with Crippen LogP contribution in [0.5, 0.6) is 0 Å². The normalized spacial score (nSPS) is 28.5. The molecule has 0 aliphatic carbocycles. The van der Waals surface area contributed by atoms with Gasteiger partial charge in [0.25, 0.3) is 0 Å². The average Bonchev–Trinajstić information content (AvgIpc) is 1.73. The van der Waals surface area contributed by atoms with E-state index in [0.717, 1.165) is 50.8 Å². The topological polar surface area (TPSA) is 399 Å². The highest BCUT2D eigenvalue weighted by atomic mass is 19.1. The largest absolute Gasteiger partial charge is 0.458 e. The summed E-state index contributed by atoms with van der Waals surface area (Å²) in [5.41, 5.74) is 4.17. The molecule has 8 fully saturated rings. The SMILES string of the molecule is Cc1ccc(CC(=O)N[C@@H](Cc2cc(F)cc(F)c2)C(=O)N[C@@H]2C(=O)N3C[C@H](O)C[C@H]3C(=O)N3CCCC[C@H]3C(=O)N[C@@H](C)C(=O)N3C[C@H](C)C[C@H]3C(=O)O[C@H]2C)cc1.Cc1ccc(CC(=O)N[C@@H](Cc2cc(F)cc(F)c2)C(=O)N[C@@H]2C(=O)N3C[C@H](O)C[C@H]3C(=O)N3CCOC[C@H]3C(=O)N[C@@H](C)C(=O)N3C[C@H](C)C[C@H]3C(=O)O[C@H]2C)cc1C. The Labute approximate surface area is 685 Å². The zero-order valence-corrected chi connectivity index (χ0v) is 67.9. The number of rotatable bonds is 14. The van der Waals surface area contributed by atoms with Crippen LogP contribution in [0.3, 0.4) is 0 Å². The molecule has 18 atom stereocenters. The number of fused-ring (bicyclic) bond motifs is 6. The predicted octanol–water partition coefficient (Wildman–Crippen LogP) is 1.27. The van der Waals surface area contributed by atoms with Gasteiger partial charge >= 0.3 is 11.9 Å². The fourth-order valence-electron chi connectivity index (χ4n) is 16.9. The molecule has 0 radical (unpaired) electrons. The molecular formula is C84H104F4N12O19. The Morgan fingerprint density at radius 3 is 1.33 bits per heavy atom. The van der Waals surface area contributed by atoms with E-state index in [1.807, 2.05) is 58.9 Å². The van der Waals surface area contributed by atoms with E-state index in [9.17, 15) is 94.9 Å². The first kappa shape index (κ1) is 88.9. The van der Waals surface area contributed by atoms with Gasteiger partial charge in [0, 0.05) is 77.1 Å². The van der Waals surface area contributed by atoms with Crippen LogP contribution in [-0.2, 0) is 107 Å². The van der Waals surface area contributed by atoms with Crippen molar-refractivity contribution in [2.75, 3.05) is 52.5 Å². The molecule has 119 heavy (non-hydrogen) atoms. The molecule has 35 heteroatoms. The second kappa shape index (κ2) is 38.4. The third-order valence-electron chi connectivity index (χ3n) is 23.2. The number of nitrogens with zero attached hydrogens (tertiary/aromatic N) is 6. The molecule has 0 unspecified atom stereocenters. The van der Waals surface area contributed by atoms with Crippen LogP contribution in [0.1, 0.15) is 125 Å². The number of aryl methyl sites for hydroxylation is 3. The van der Waals surface area contributed by atoms with Crippen LogP contribution < -0.4 is 31.9 Å². The number of aliphatic hydroxyl groups is 2. The van der Waals surface area contributed by atoms with Gasteiger partial charge in [-0.1, -0.05) is 61.9 Å². The number of halogens is 4. The number of amides is 12.